The Bertz CT molecular complexity index is 275. The van der Waals surface area contributed by atoms with Crippen LogP contribution in [0.5, 0.6) is 0 Å². The van der Waals surface area contributed by atoms with Crippen molar-refractivity contribution in [3.63, 3.8) is 0 Å². The fraction of sp³-hybridized carbons (Fsp3) is 1.00. The van der Waals surface area contributed by atoms with Crippen LogP contribution in [0, 0.1) is 0 Å². The molecule has 0 atom stereocenters. The van der Waals surface area contributed by atoms with E-state index in [4.69, 9.17) is 18.8 Å². The van der Waals surface area contributed by atoms with Gasteiger partial charge in [0, 0.05) is 6.61 Å². The van der Waals surface area contributed by atoms with Crippen LogP contribution in [0.15, 0.2) is 0 Å². The standard InChI is InChI=1S/C15H34O4S2/c1-14(2,8-10-16)17-11-9-15(3,4)18-12-20-13-19-21(5,6)7/h16H,8-13H2,1-7H3. The second-order valence-electron chi connectivity index (χ2n) is 7.02. The lowest BCUT2D eigenvalue weighted by Crippen LogP contribution is -2.31. The molecule has 0 fully saturated rings. The number of aliphatic hydroxyl groups excluding tert-OH is 1. The molecule has 4 nitrogen and oxygen atoms in total. The van der Waals surface area contributed by atoms with Crippen LogP contribution < -0.4 is 0 Å². The zero-order chi connectivity index (χ0) is 16.6. The van der Waals surface area contributed by atoms with Gasteiger partial charge < -0.3 is 18.8 Å². The van der Waals surface area contributed by atoms with Crippen molar-refractivity contribution in [1.82, 2.24) is 0 Å². The minimum absolute atomic E-state index is 0.152. The lowest BCUT2D eigenvalue weighted by atomic mass is 10.0. The summed E-state index contributed by atoms with van der Waals surface area (Å²) in [7, 11) is -0.893. The molecule has 0 spiro atoms. The van der Waals surface area contributed by atoms with Gasteiger partial charge in [-0.25, -0.2) is 0 Å². The summed E-state index contributed by atoms with van der Waals surface area (Å²) in [4.78, 5) is 0. The third-order valence-corrected chi connectivity index (χ3v) is 4.47. The lowest BCUT2D eigenvalue weighted by molar-refractivity contribution is -0.0684. The molecule has 0 radical (unpaired) electrons. The maximum absolute atomic E-state index is 8.97. The molecule has 0 aliphatic carbocycles. The molecule has 0 amide bonds. The Morgan fingerprint density at radius 1 is 0.905 bits per heavy atom. The first kappa shape index (κ1) is 21.5. The van der Waals surface area contributed by atoms with E-state index >= 15 is 0 Å². The molecule has 6 heteroatoms. The van der Waals surface area contributed by atoms with Gasteiger partial charge in [-0.05, 0) is 59.3 Å². The summed E-state index contributed by atoms with van der Waals surface area (Å²) in [5.41, 5.74) is -0.486. The normalized spacial score (nSPS) is 14.5. The molecule has 0 unspecified atom stereocenters. The lowest BCUT2D eigenvalue weighted by Gasteiger charge is -2.29. The number of hydrogen-bond acceptors (Lipinski definition) is 5. The van der Waals surface area contributed by atoms with Gasteiger partial charge in [0.25, 0.3) is 0 Å². The van der Waals surface area contributed by atoms with Gasteiger partial charge >= 0.3 is 0 Å². The molecule has 21 heavy (non-hydrogen) atoms. The minimum Gasteiger partial charge on any atom is -0.396 e. The molecule has 1 N–H and O–H groups in total. The summed E-state index contributed by atoms with van der Waals surface area (Å²) in [6.45, 7) is 8.93. The van der Waals surface area contributed by atoms with E-state index in [1.165, 1.54) is 0 Å². The average Bonchev–Trinajstić information content (AvgIpc) is 2.25. The highest BCUT2D eigenvalue weighted by Gasteiger charge is 2.22. The molecule has 0 aromatic rings. The molecular weight excluding hydrogens is 308 g/mol. The van der Waals surface area contributed by atoms with Crippen molar-refractivity contribution in [2.45, 2.75) is 51.7 Å². The molecule has 0 aromatic heterocycles. The van der Waals surface area contributed by atoms with E-state index in [0.29, 0.717) is 24.9 Å². The molecule has 0 aromatic carbocycles. The molecule has 0 bridgehead atoms. The third kappa shape index (κ3) is 13.9. The fourth-order valence-electron chi connectivity index (χ4n) is 1.40. The Labute approximate surface area is 136 Å². The second kappa shape index (κ2) is 9.63. The Balaban J connectivity index is 3.79. The van der Waals surface area contributed by atoms with E-state index in [1.807, 2.05) is 13.8 Å². The molecular formula is C15H34O4S2. The molecule has 0 aliphatic heterocycles. The van der Waals surface area contributed by atoms with Crippen molar-refractivity contribution < 1.29 is 18.8 Å². The van der Waals surface area contributed by atoms with Crippen molar-refractivity contribution in [1.29, 1.82) is 0 Å². The first-order valence-electron chi connectivity index (χ1n) is 7.27. The van der Waals surface area contributed by atoms with Crippen LogP contribution in [-0.2, 0) is 13.7 Å². The predicted molar refractivity (Wildman–Crippen MR) is 95.3 cm³/mol. The summed E-state index contributed by atoms with van der Waals surface area (Å²) >= 11 is 1.66. The monoisotopic (exact) mass is 342 g/mol. The van der Waals surface area contributed by atoms with Crippen LogP contribution in [0.4, 0.5) is 0 Å². The summed E-state index contributed by atoms with van der Waals surface area (Å²) in [6.07, 6.45) is 7.86. The number of aliphatic hydroxyl groups is 1. The van der Waals surface area contributed by atoms with Gasteiger partial charge in [-0.2, -0.15) is 0 Å². The Kier molecular flexibility index (Phi) is 9.88. The Morgan fingerprint density at radius 3 is 2.00 bits per heavy atom. The van der Waals surface area contributed by atoms with Gasteiger partial charge in [0.2, 0.25) is 0 Å². The van der Waals surface area contributed by atoms with Gasteiger partial charge in [0.1, 0.15) is 5.94 Å². The van der Waals surface area contributed by atoms with Crippen LogP contribution in [0.1, 0.15) is 40.5 Å². The average molecular weight is 343 g/mol. The molecule has 0 rings (SSSR count). The number of ether oxygens (including phenoxy) is 2. The maximum atomic E-state index is 8.97. The van der Waals surface area contributed by atoms with Crippen LogP contribution in [0.3, 0.4) is 0 Å². The van der Waals surface area contributed by atoms with E-state index in [2.05, 4.69) is 32.6 Å². The fourth-order valence-corrected chi connectivity index (χ4v) is 3.30. The minimum atomic E-state index is -0.893. The van der Waals surface area contributed by atoms with Gasteiger partial charge in [-0.3, -0.25) is 0 Å². The molecule has 0 aliphatic rings. The Hall–Kier alpha value is 0.540. The van der Waals surface area contributed by atoms with Crippen molar-refractivity contribution in [2.24, 2.45) is 0 Å². The van der Waals surface area contributed by atoms with Gasteiger partial charge in [0.05, 0.1) is 23.7 Å². The van der Waals surface area contributed by atoms with Gasteiger partial charge in [-0.1, -0.05) is 0 Å². The first-order chi connectivity index (χ1) is 9.47. The second-order valence-corrected chi connectivity index (χ2v) is 11.6. The van der Waals surface area contributed by atoms with Gasteiger partial charge in [-0.15, -0.1) is 22.1 Å². The molecule has 130 valence electrons. The van der Waals surface area contributed by atoms with E-state index < -0.39 is 10.3 Å². The van der Waals surface area contributed by atoms with E-state index in [-0.39, 0.29) is 17.8 Å². The largest absolute Gasteiger partial charge is 0.396 e. The van der Waals surface area contributed by atoms with E-state index in [0.717, 1.165) is 6.42 Å². The Morgan fingerprint density at radius 2 is 1.48 bits per heavy atom. The van der Waals surface area contributed by atoms with Crippen LogP contribution in [0.25, 0.3) is 0 Å². The number of rotatable bonds is 12. The zero-order valence-corrected chi connectivity index (χ0v) is 16.4. The molecule has 0 heterocycles. The van der Waals surface area contributed by atoms with Crippen LogP contribution in [0.2, 0.25) is 0 Å². The summed E-state index contributed by atoms with van der Waals surface area (Å²) in [5.74, 6) is 1.30. The van der Waals surface area contributed by atoms with E-state index in [9.17, 15) is 0 Å². The van der Waals surface area contributed by atoms with Crippen LogP contribution in [-0.4, -0.2) is 60.2 Å². The van der Waals surface area contributed by atoms with Crippen molar-refractivity contribution in [2.75, 3.05) is 43.9 Å². The smallest absolute Gasteiger partial charge is 0.107 e. The number of thioether (sulfide) groups is 1. The SMILES string of the molecule is CC(C)(CCO)OCCC(C)(C)OCSCOS(C)(C)C. The first-order valence-corrected chi connectivity index (χ1v) is 11.2. The molecule has 0 saturated carbocycles. The topological polar surface area (TPSA) is 47.9 Å². The molecule has 0 saturated heterocycles. The van der Waals surface area contributed by atoms with Crippen molar-refractivity contribution in [3.8, 4) is 0 Å². The van der Waals surface area contributed by atoms with Crippen molar-refractivity contribution >= 4 is 22.1 Å². The van der Waals surface area contributed by atoms with Gasteiger partial charge in [0.15, 0.2) is 0 Å². The van der Waals surface area contributed by atoms with E-state index in [1.54, 1.807) is 11.8 Å². The predicted octanol–water partition coefficient (Wildman–Crippen LogP) is 3.62. The summed E-state index contributed by atoms with van der Waals surface area (Å²) in [5, 5.41) is 8.97. The zero-order valence-electron chi connectivity index (χ0n) is 14.7. The summed E-state index contributed by atoms with van der Waals surface area (Å²) < 4.78 is 17.4. The number of hydrogen-bond donors (Lipinski definition) is 1. The quantitative estimate of drug-likeness (QED) is 0.433. The summed E-state index contributed by atoms with van der Waals surface area (Å²) in [6, 6.07) is 0. The van der Waals surface area contributed by atoms with Crippen molar-refractivity contribution in [3.05, 3.63) is 0 Å². The highest BCUT2D eigenvalue weighted by Crippen LogP contribution is 2.36. The highest BCUT2D eigenvalue weighted by atomic mass is 32.3. The van der Waals surface area contributed by atoms with Crippen LogP contribution >= 0.6 is 22.1 Å². The highest BCUT2D eigenvalue weighted by molar-refractivity contribution is 8.28. The maximum Gasteiger partial charge on any atom is 0.107 e. The third-order valence-electron chi connectivity index (χ3n) is 2.93.